The van der Waals surface area contributed by atoms with Gasteiger partial charge in [0.2, 0.25) is 10.0 Å². The van der Waals surface area contributed by atoms with Crippen molar-refractivity contribution in [2.24, 2.45) is 4.99 Å². The van der Waals surface area contributed by atoms with Gasteiger partial charge < -0.3 is 28.6 Å². The van der Waals surface area contributed by atoms with Crippen molar-refractivity contribution in [1.82, 2.24) is 56.5 Å². The Bertz CT molecular complexity index is 5920. The third-order valence-electron chi connectivity index (χ3n) is 18.6. The minimum Gasteiger partial charge on any atom is -0.497 e. The summed E-state index contributed by atoms with van der Waals surface area (Å²) in [5.41, 5.74) is 19.9. The number of unbranched alkanes of at least 4 members (excludes halogenated alkanes) is 1. The van der Waals surface area contributed by atoms with Gasteiger partial charge in [0.25, 0.3) is 45.5 Å². The predicted molar refractivity (Wildman–Crippen MR) is 494 cm³/mol. The maximum atomic E-state index is 12.7. The molecule has 0 unspecified atom stereocenters. The van der Waals surface area contributed by atoms with Crippen LogP contribution in [0.25, 0.3) is 41.4 Å². The molecule has 1 aliphatic rings. The molecule has 12 rings (SSSR count). The molecule has 0 bridgehead atoms. The first-order valence-electron chi connectivity index (χ1n) is 40.1. The number of hydrogen-bond donors (Lipinski definition) is 12. The molecule has 676 valence electrons. The van der Waals surface area contributed by atoms with Gasteiger partial charge in [0, 0.05) is 93.8 Å². The molecule has 1 aliphatic heterocycles. The number of fused-ring (bicyclic) bond motifs is 3. The number of imidazole rings is 1. The second-order valence-electron chi connectivity index (χ2n) is 28.4. The maximum Gasteiger partial charge on any atom is 0.274 e. The highest BCUT2D eigenvalue weighted by Crippen LogP contribution is 2.40. The highest BCUT2D eigenvalue weighted by Gasteiger charge is 2.25. The average Bonchev–Trinajstić information content (AvgIpc) is 1.68. The van der Waals surface area contributed by atoms with Crippen molar-refractivity contribution in [1.29, 1.82) is 0 Å². The highest BCUT2D eigenvalue weighted by atomic mass is 32.2. The summed E-state index contributed by atoms with van der Waals surface area (Å²) < 4.78 is 72.5. The van der Waals surface area contributed by atoms with Crippen molar-refractivity contribution in [3.63, 3.8) is 0 Å². The number of methoxy groups -OCH3 is 1. The van der Waals surface area contributed by atoms with Crippen molar-refractivity contribution in [2.75, 3.05) is 79.9 Å². The van der Waals surface area contributed by atoms with Gasteiger partial charge in [-0.05, 0) is 208 Å². The van der Waals surface area contributed by atoms with E-state index >= 15 is 0 Å². The van der Waals surface area contributed by atoms with Gasteiger partial charge in [0.05, 0.1) is 39.3 Å². The number of amides is 6. The molecule has 129 heavy (non-hydrogen) atoms. The summed E-state index contributed by atoms with van der Waals surface area (Å²) in [5.74, 6) is 0.343. The van der Waals surface area contributed by atoms with Crippen LogP contribution in [0.1, 0.15) is 80.5 Å². The molecule has 0 saturated heterocycles. The number of carbonyl (C=O) groups excluding carboxylic acids is 6. The van der Waals surface area contributed by atoms with Gasteiger partial charge in [-0.15, -0.1) is 0 Å². The number of carbonyl (C=O) groups is 6. The van der Waals surface area contributed by atoms with E-state index in [1.807, 2.05) is 141 Å². The minimum absolute atomic E-state index is 0.107. The van der Waals surface area contributed by atoms with Crippen molar-refractivity contribution in [3.8, 4) is 23.0 Å². The summed E-state index contributed by atoms with van der Waals surface area (Å²) in [6.45, 7) is 5.77. The molecule has 10 aromatic carbocycles. The summed E-state index contributed by atoms with van der Waals surface area (Å²) in [6.07, 6.45) is 17.6. The number of rotatable bonds is 31. The molecular weight excluding hydrogens is 1690 g/mol. The maximum absolute atomic E-state index is 12.7. The van der Waals surface area contributed by atoms with E-state index in [9.17, 15) is 45.6 Å². The molecule has 0 radical (unpaired) electrons. The SMILES string of the molecule is CCCCc1nc2cc(/C=C/C(=O)NO)ccc2n1CCN(C)C.CN(C)CCOc1ccc2c(c1)C(c1ccc(C(=O)NO)cc1)=Nc1ccccc1O2.CN(CCc1ccccc1)S(=O)(=O)c1cccc(/C=C/C(=O)NO)c1.CN(c1ccccc1)S(=O)(=O)c1cccc(/C=C/C(=O)NO)c1.COc1ccc(/C=C/C(=O)NO)cc1.O=C(/C=C/c1ccccc1)NO. The number of aromatic nitrogens is 2. The first-order chi connectivity index (χ1) is 62.1. The van der Waals surface area contributed by atoms with Gasteiger partial charge in [-0.1, -0.05) is 159 Å². The van der Waals surface area contributed by atoms with Gasteiger partial charge in [0.15, 0.2) is 5.75 Å². The van der Waals surface area contributed by atoms with Gasteiger partial charge in [-0.2, -0.15) is 0 Å². The van der Waals surface area contributed by atoms with Crippen LogP contribution in [0.3, 0.4) is 0 Å². The topological polar surface area (TPSA) is 435 Å². The van der Waals surface area contributed by atoms with Crippen molar-refractivity contribution < 1.29 is 91.1 Å². The quantitative estimate of drug-likeness (QED) is 0.0109. The average molecular weight is 1800 g/mol. The summed E-state index contributed by atoms with van der Waals surface area (Å²) >= 11 is 0. The normalized spacial score (nSPS) is 11.5. The van der Waals surface area contributed by atoms with E-state index < -0.39 is 55.5 Å². The number of benzene rings is 10. The summed E-state index contributed by atoms with van der Waals surface area (Å²) in [4.78, 5) is 80.1. The van der Waals surface area contributed by atoms with Crippen molar-refractivity contribution in [3.05, 3.63) is 335 Å². The minimum atomic E-state index is -3.71. The molecule has 1 aromatic heterocycles. The molecule has 2 heterocycles. The van der Waals surface area contributed by atoms with Crippen LogP contribution in [0.4, 0.5) is 11.4 Å². The first kappa shape index (κ1) is 102. The fourth-order valence-electron chi connectivity index (χ4n) is 11.6. The van der Waals surface area contributed by atoms with E-state index in [0.717, 1.165) is 113 Å². The first-order valence-corrected chi connectivity index (χ1v) is 43.0. The summed E-state index contributed by atoms with van der Waals surface area (Å²) in [7, 11) is 5.40. The number of para-hydroxylation sites is 3. The van der Waals surface area contributed by atoms with Gasteiger partial charge >= 0.3 is 0 Å². The number of nitrogens with one attached hydrogen (secondary N) is 6. The second kappa shape index (κ2) is 53.2. The summed E-state index contributed by atoms with van der Waals surface area (Å²) in [5, 5.41) is 50.7. The largest absolute Gasteiger partial charge is 0.497 e. The van der Waals surface area contributed by atoms with Crippen LogP contribution in [-0.4, -0.2) is 189 Å². The lowest BCUT2D eigenvalue weighted by molar-refractivity contribution is -0.124. The number of hydroxylamine groups is 6. The second-order valence-corrected chi connectivity index (χ2v) is 32.5. The van der Waals surface area contributed by atoms with E-state index in [4.69, 9.17) is 55.4 Å². The van der Waals surface area contributed by atoms with Crippen molar-refractivity contribution in [2.45, 2.75) is 48.9 Å². The molecule has 0 atom stereocenters. The number of hydrogen-bond acceptors (Lipinski definition) is 23. The van der Waals surface area contributed by atoms with Crippen LogP contribution in [0.2, 0.25) is 0 Å². The smallest absolute Gasteiger partial charge is 0.274 e. The number of nitrogens with zero attached hydrogens (tertiary/aromatic N) is 7. The van der Waals surface area contributed by atoms with Crippen LogP contribution in [0.5, 0.6) is 23.0 Å². The van der Waals surface area contributed by atoms with Crippen LogP contribution >= 0.6 is 0 Å². The number of sulfonamides is 2. The Hall–Kier alpha value is -14.4. The molecule has 0 spiro atoms. The monoisotopic (exact) mass is 1800 g/mol. The molecule has 32 nitrogen and oxygen atoms in total. The van der Waals surface area contributed by atoms with Crippen LogP contribution in [0.15, 0.2) is 294 Å². The van der Waals surface area contributed by atoms with E-state index in [1.165, 1.54) is 92.2 Å². The molecule has 34 heteroatoms. The summed E-state index contributed by atoms with van der Waals surface area (Å²) in [6, 6.07) is 73.5. The fraction of sp³-hybridized carbons (Fsp3) is 0.179. The van der Waals surface area contributed by atoms with Crippen molar-refractivity contribution >= 4 is 114 Å². The lowest BCUT2D eigenvalue weighted by Gasteiger charge is -2.19. The molecule has 11 aromatic rings. The number of likely N-dealkylation sites (N-methyl/N-ethyl adjacent to an activating group) is 3. The predicted octanol–water partition coefficient (Wildman–Crippen LogP) is 13.0. The zero-order valence-corrected chi connectivity index (χ0v) is 73.9. The Morgan fingerprint density at radius 1 is 0.457 bits per heavy atom. The fourth-order valence-corrected chi connectivity index (χ4v) is 14.1. The van der Waals surface area contributed by atoms with E-state index in [-0.39, 0.29) is 9.79 Å². The third kappa shape index (κ3) is 33.5. The molecular formula is C95H105N13O19S2. The van der Waals surface area contributed by atoms with Crippen LogP contribution in [0, 0.1) is 0 Å². The Balaban J connectivity index is 0.000000217. The number of ether oxygens (including phenoxy) is 3. The van der Waals surface area contributed by atoms with Crippen LogP contribution < -0.4 is 51.4 Å². The Morgan fingerprint density at radius 2 is 0.930 bits per heavy atom. The lowest BCUT2D eigenvalue weighted by Crippen LogP contribution is -2.29. The molecule has 6 amide bonds. The van der Waals surface area contributed by atoms with Gasteiger partial charge in [-0.25, -0.2) is 64.0 Å². The van der Waals surface area contributed by atoms with Gasteiger partial charge in [0.1, 0.15) is 35.4 Å². The Morgan fingerprint density at radius 3 is 1.45 bits per heavy atom. The van der Waals surface area contributed by atoms with Crippen LogP contribution in [-0.2, 0) is 63.4 Å². The Kier molecular flexibility index (Phi) is 41.9. The van der Waals surface area contributed by atoms with Gasteiger partial charge in [-0.3, -0.25) is 64.3 Å². The zero-order valence-electron chi connectivity index (χ0n) is 72.2. The lowest BCUT2D eigenvalue weighted by atomic mass is 9.99. The van der Waals surface area contributed by atoms with E-state index in [1.54, 1.807) is 140 Å². The molecule has 0 fully saturated rings. The van der Waals surface area contributed by atoms with E-state index in [2.05, 4.69) is 35.4 Å². The molecule has 0 aliphatic carbocycles. The van der Waals surface area contributed by atoms with E-state index in [0.29, 0.717) is 64.8 Å². The number of anilines is 1. The number of aliphatic imine (C=N–C) groups is 1. The molecule has 12 N–H and O–H groups in total. The standard InChI is InChI=1S/C24H23N3O4.C18H26N4O2.C18H20N2O4S.C16H16N2O4S.C10H11NO3.C9H9NO2/c1-27(2)13-14-30-18-11-12-21-19(15-18)23(25-20-5-3-4-6-22(20)31-21)16-7-9-17(10-8-16)24(28)26-29;1-4-5-6-17-19-15-13-14(8-10-18(23)20-24)7-9-16(15)22(17)12-11-21(2)3;1-20(13-12-15-6-3-2-4-7-15)25(23,24)17-9-5-8-16(14-17)10-11-18(21)19-22;1-18(14-7-3-2-4-8-14)23(21,22)15-9-5-6-13(12-15)10-11-16(19)17-20;1-14-9-5-2-8(3-6-9)4-7-10(12)11-13;11-9(10-12)7-6-8-4-2-1-3-5-8/h3-12,15,29H,13-14H2,1-2H3,(H,26,28);7-10,13,24H,4-6,11-12H2,1-3H3,(H,20,23);2-11,14,22H,12-13H2,1H3,(H,19,21);2-12,20H,1H3,(H,17,19);2-7,13H,1H3,(H,11,12);1-7,12H,(H,10,11)/b;10-8+;2*11-10+;7-4+;7-6+. The highest BCUT2D eigenvalue weighted by molar-refractivity contribution is 7.92. The Labute approximate surface area is 749 Å². The zero-order chi connectivity index (χ0) is 93.7. The third-order valence-corrected chi connectivity index (χ3v) is 22.2. The molecule has 0 saturated carbocycles. The number of aryl methyl sites for hydroxylation is 1.